The molecule has 0 aliphatic carbocycles. The second-order valence-corrected chi connectivity index (χ2v) is 7.31. The first kappa shape index (κ1) is 13.8. The van der Waals surface area contributed by atoms with Crippen LogP contribution in [-0.2, 0) is 0 Å². The highest BCUT2D eigenvalue weighted by Gasteiger charge is 2.40. The van der Waals surface area contributed by atoms with Crippen molar-refractivity contribution in [2.75, 3.05) is 0 Å². The summed E-state index contributed by atoms with van der Waals surface area (Å²) < 4.78 is 6.24. The van der Waals surface area contributed by atoms with Crippen molar-refractivity contribution in [3.05, 3.63) is 52.2 Å². The lowest BCUT2D eigenvalue weighted by Gasteiger charge is -2.38. The zero-order valence-corrected chi connectivity index (χ0v) is 13.7. The Balaban J connectivity index is 1.72. The molecule has 0 fully saturated rings. The summed E-state index contributed by atoms with van der Waals surface area (Å²) in [5, 5.41) is 9.23. The molecule has 4 rings (SSSR count). The number of hydrogen-bond acceptors (Lipinski definition) is 4. The van der Waals surface area contributed by atoms with Crippen molar-refractivity contribution < 1.29 is 4.74 Å². The molecule has 0 spiro atoms. The molecule has 0 unspecified atom stereocenters. The van der Waals surface area contributed by atoms with Crippen molar-refractivity contribution in [1.82, 2.24) is 5.01 Å². The number of hydrogen-bond donors (Lipinski definition) is 0. The molecule has 114 valence electrons. The minimum Gasteiger partial charge on any atom is -0.469 e. The molecule has 3 heterocycles. The molecule has 0 amide bonds. The summed E-state index contributed by atoms with van der Waals surface area (Å²) in [5.74, 6) is 1.61. The topological polar surface area (TPSA) is 24.8 Å². The van der Waals surface area contributed by atoms with E-state index in [1.165, 1.54) is 16.2 Å². The van der Waals surface area contributed by atoms with E-state index >= 15 is 0 Å². The Labute approximate surface area is 135 Å². The molecule has 2 aliphatic heterocycles. The van der Waals surface area contributed by atoms with Gasteiger partial charge in [0, 0.05) is 18.4 Å². The van der Waals surface area contributed by atoms with E-state index in [0.717, 1.165) is 18.6 Å². The minimum atomic E-state index is 0.0392. The molecule has 4 heteroatoms. The molecule has 2 aromatic rings. The fraction of sp³-hybridized carbons (Fsp3) is 0.389. The summed E-state index contributed by atoms with van der Waals surface area (Å²) in [6.07, 6.45) is 2.00. The molecule has 0 saturated carbocycles. The summed E-state index contributed by atoms with van der Waals surface area (Å²) >= 11 is 1.76. The lowest BCUT2D eigenvalue weighted by atomic mass is 9.97. The number of para-hydroxylation sites is 1. The Kier molecular flexibility index (Phi) is 3.41. The second kappa shape index (κ2) is 5.43. The standard InChI is InChI=1S/C18H20N2OS/c1-12(2)10-18-20-15(13-6-3-4-7-16(13)21-18)11-14(19-20)17-8-5-9-22-17/h3-9,12,15,18H,10-11H2,1-2H3/t15-,18+/m0/s1. The lowest BCUT2D eigenvalue weighted by Crippen LogP contribution is -2.41. The van der Waals surface area contributed by atoms with Gasteiger partial charge in [0.05, 0.1) is 16.6 Å². The molecule has 3 nitrogen and oxygen atoms in total. The van der Waals surface area contributed by atoms with E-state index in [4.69, 9.17) is 9.84 Å². The highest BCUT2D eigenvalue weighted by molar-refractivity contribution is 7.12. The Morgan fingerprint density at radius 2 is 2.14 bits per heavy atom. The zero-order chi connectivity index (χ0) is 15.1. The number of thiophene rings is 1. The van der Waals surface area contributed by atoms with Crippen molar-refractivity contribution >= 4 is 17.0 Å². The van der Waals surface area contributed by atoms with Gasteiger partial charge in [0.25, 0.3) is 0 Å². The van der Waals surface area contributed by atoms with Crippen molar-refractivity contribution in [2.24, 2.45) is 11.0 Å². The van der Waals surface area contributed by atoms with Gasteiger partial charge in [-0.25, -0.2) is 0 Å². The van der Waals surface area contributed by atoms with Crippen LogP contribution < -0.4 is 4.74 Å². The van der Waals surface area contributed by atoms with E-state index in [9.17, 15) is 0 Å². The van der Waals surface area contributed by atoms with Gasteiger partial charge in [0.2, 0.25) is 0 Å². The maximum Gasteiger partial charge on any atom is 0.188 e. The molecular weight excluding hydrogens is 292 g/mol. The van der Waals surface area contributed by atoms with Crippen LogP contribution in [0.2, 0.25) is 0 Å². The van der Waals surface area contributed by atoms with Crippen LogP contribution in [0.4, 0.5) is 0 Å². The van der Waals surface area contributed by atoms with Crippen LogP contribution in [0.15, 0.2) is 46.9 Å². The molecule has 22 heavy (non-hydrogen) atoms. The van der Waals surface area contributed by atoms with Gasteiger partial charge < -0.3 is 4.74 Å². The second-order valence-electron chi connectivity index (χ2n) is 6.36. The van der Waals surface area contributed by atoms with Gasteiger partial charge in [0.15, 0.2) is 6.23 Å². The smallest absolute Gasteiger partial charge is 0.188 e. The highest BCUT2D eigenvalue weighted by atomic mass is 32.1. The predicted octanol–water partition coefficient (Wildman–Crippen LogP) is 4.66. The molecule has 0 saturated heterocycles. The average molecular weight is 312 g/mol. The van der Waals surface area contributed by atoms with E-state index in [0.29, 0.717) is 12.0 Å². The number of nitrogens with zero attached hydrogens (tertiary/aromatic N) is 2. The van der Waals surface area contributed by atoms with E-state index in [2.05, 4.69) is 60.6 Å². The van der Waals surface area contributed by atoms with Gasteiger partial charge in [-0.15, -0.1) is 11.3 Å². The number of benzene rings is 1. The fourth-order valence-electron chi connectivity index (χ4n) is 3.26. The third-order valence-corrected chi connectivity index (χ3v) is 5.18. The molecule has 0 N–H and O–H groups in total. The summed E-state index contributed by atoms with van der Waals surface area (Å²) in [6.45, 7) is 4.47. The van der Waals surface area contributed by atoms with Crippen LogP contribution >= 0.6 is 11.3 Å². The third-order valence-electron chi connectivity index (χ3n) is 4.26. The number of rotatable bonds is 3. The van der Waals surface area contributed by atoms with Crippen molar-refractivity contribution in [2.45, 2.75) is 39.0 Å². The number of hydrazone groups is 1. The van der Waals surface area contributed by atoms with Crippen LogP contribution in [0.1, 0.15) is 43.2 Å². The van der Waals surface area contributed by atoms with Crippen LogP contribution in [0.25, 0.3) is 0 Å². The predicted molar refractivity (Wildman–Crippen MR) is 90.4 cm³/mol. The Morgan fingerprint density at radius 1 is 1.27 bits per heavy atom. The fourth-order valence-corrected chi connectivity index (χ4v) is 3.98. The van der Waals surface area contributed by atoms with Crippen LogP contribution in [-0.4, -0.2) is 16.9 Å². The van der Waals surface area contributed by atoms with Crippen molar-refractivity contribution in [3.63, 3.8) is 0 Å². The minimum absolute atomic E-state index is 0.0392. The first-order chi connectivity index (χ1) is 10.7. The van der Waals surface area contributed by atoms with E-state index < -0.39 is 0 Å². The maximum atomic E-state index is 6.24. The Hall–Kier alpha value is -1.81. The molecule has 1 aromatic carbocycles. The molecule has 0 radical (unpaired) electrons. The van der Waals surface area contributed by atoms with Crippen LogP contribution in [0, 0.1) is 5.92 Å². The van der Waals surface area contributed by atoms with Crippen LogP contribution in [0.5, 0.6) is 5.75 Å². The third kappa shape index (κ3) is 2.31. The largest absolute Gasteiger partial charge is 0.469 e. The lowest BCUT2D eigenvalue weighted by molar-refractivity contribution is -0.0291. The summed E-state index contributed by atoms with van der Waals surface area (Å²) in [5.41, 5.74) is 2.45. The van der Waals surface area contributed by atoms with Gasteiger partial charge in [-0.3, -0.25) is 5.01 Å². The number of fused-ring (bicyclic) bond motifs is 3. The van der Waals surface area contributed by atoms with Crippen molar-refractivity contribution in [3.8, 4) is 5.75 Å². The van der Waals surface area contributed by atoms with Gasteiger partial charge in [-0.2, -0.15) is 5.10 Å². The summed E-state index contributed by atoms with van der Waals surface area (Å²) in [6, 6.07) is 13.0. The molecule has 2 aliphatic rings. The molecule has 2 atom stereocenters. The quantitative estimate of drug-likeness (QED) is 0.823. The average Bonchev–Trinajstić information content (AvgIpc) is 3.16. The first-order valence-electron chi connectivity index (χ1n) is 7.87. The summed E-state index contributed by atoms with van der Waals surface area (Å²) in [4.78, 5) is 1.27. The maximum absolute atomic E-state index is 6.24. The van der Waals surface area contributed by atoms with E-state index in [-0.39, 0.29) is 6.23 Å². The monoisotopic (exact) mass is 312 g/mol. The SMILES string of the molecule is CC(C)C[C@H]1Oc2ccccc2[C@@H]2CC(c3cccs3)=NN12. The van der Waals surface area contributed by atoms with Gasteiger partial charge in [-0.05, 0) is 23.4 Å². The molecular formula is C18H20N2OS. The van der Waals surface area contributed by atoms with Gasteiger partial charge >= 0.3 is 0 Å². The normalized spacial score (nSPS) is 23.0. The Bertz CT molecular complexity index is 693. The summed E-state index contributed by atoms with van der Waals surface area (Å²) in [7, 11) is 0. The van der Waals surface area contributed by atoms with Gasteiger partial charge in [-0.1, -0.05) is 38.1 Å². The van der Waals surface area contributed by atoms with E-state index in [1.54, 1.807) is 11.3 Å². The molecule has 1 aromatic heterocycles. The number of ether oxygens (including phenoxy) is 1. The highest BCUT2D eigenvalue weighted by Crippen LogP contribution is 2.44. The molecule has 0 bridgehead atoms. The van der Waals surface area contributed by atoms with Crippen LogP contribution in [0.3, 0.4) is 0 Å². The van der Waals surface area contributed by atoms with E-state index in [1.807, 2.05) is 0 Å². The first-order valence-corrected chi connectivity index (χ1v) is 8.75. The Morgan fingerprint density at radius 3 is 2.91 bits per heavy atom. The van der Waals surface area contributed by atoms with Crippen molar-refractivity contribution in [1.29, 1.82) is 0 Å². The van der Waals surface area contributed by atoms with Gasteiger partial charge in [0.1, 0.15) is 5.75 Å². The zero-order valence-electron chi connectivity index (χ0n) is 12.9.